The lowest BCUT2D eigenvalue weighted by molar-refractivity contribution is 0.0993. The predicted molar refractivity (Wildman–Crippen MR) is 77.9 cm³/mol. The van der Waals surface area contributed by atoms with Crippen LogP contribution in [0.3, 0.4) is 0 Å². The Morgan fingerprint density at radius 3 is 2.75 bits per heavy atom. The molecule has 0 bridgehead atoms. The Labute approximate surface area is 121 Å². The first-order valence-electron chi connectivity index (χ1n) is 5.90. The van der Waals surface area contributed by atoms with Gasteiger partial charge in [-0.05, 0) is 30.3 Å². The Morgan fingerprint density at radius 1 is 1.35 bits per heavy atom. The zero-order chi connectivity index (χ0) is 14.7. The number of halogens is 2. The van der Waals surface area contributed by atoms with Crippen LogP contribution in [0.15, 0.2) is 36.4 Å². The highest BCUT2D eigenvalue weighted by molar-refractivity contribution is 6.30. The van der Waals surface area contributed by atoms with Gasteiger partial charge in [-0.1, -0.05) is 17.7 Å². The fourth-order valence-electron chi connectivity index (χ4n) is 1.74. The Balaban J connectivity index is 2.33. The topological polar surface area (TPSA) is 45.2 Å². The van der Waals surface area contributed by atoms with Gasteiger partial charge < -0.3 is 10.2 Å². The molecule has 0 aliphatic heterocycles. The number of benzene rings is 1. The molecule has 0 aliphatic rings. The van der Waals surface area contributed by atoms with Crippen molar-refractivity contribution in [1.82, 2.24) is 4.98 Å². The van der Waals surface area contributed by atoms with Crippen LogP contribution >= 0.6 is 11.6 Å². The maximum absolute atomic E-state index is 13.2. The second kappa shape index (κ2) is 5.88. The van der Waals surface area contributed by atoms with Crippen molar-refractivity contribution < 1.29 is 9.18 Å². The van der Waals surface area contributed by atoms with Crippen molar-refractivity contribution >= 4 is 29.0 Å². The average Bonchev–Trinajstić information content (AvgIpc) is 2.45. The largest absolute Gasteiger partial charge is 0.373 e. The minimum absolute atomic E-state index is 0.216. The third-order valence-corrected chi connectivity index (χ3v) is 2.99. The normalized spacial score (nSPS) is 10.2. The van der Waals surface area contributed by atoms with E-state index in [1.165, 1.54) is 23.1 Å². The lowest BCUT2D eigenvalue weighted by atomic mass is 10.2. The summed E-state index contributed by atoms with van der Waals surface area (Å²) >= 11 is 5.87. The summed E-state index contributed by atoms with van der Waals surface area (Å²) in [4.78, 5) is 17.7. The molecule has 0 saturated heterocycles. The minimum Gasteiger partial charge on any atom is -0.373 e. The maximum atomic E-state index is 13.2. The number of anilines is 2. The summed E-state index contributed by atoms with van der Waals surface area (Å²) in [6.45, 7) is 0. The first-order chi connectivity index (χ1) is 9.51. The predicted octanol–water partition coefficient (Wildman–Crippen LogP) is 3.19. The van der Waals surface area contributed by atoms with E-state index < -0.39 is 5.82 Å². The highest BCUT2D eigenvalue weighted by Crippen LogP contribution is 2.20. The molecule has 0 atom stereocenters. The number of hydrogen-bond donors (Lipinski definition) is 1. The average molecular weight is 294 g/mol. The number of amides is 1. The van der Waals surface area contributed by atoms with Crippen LogP contribution in [0.2, 0.25) is 5.15 Å². The van der Waals surface area contributed by atoms with Gasteiger partial charge in [0, 0.05) is 25.3 Å². The summed E-state index contributed by atoms with van der Waals surface area (Å²) < 4.78 is 13.2. The fourth-order valence-corrected chi connectivity index (χ4v) is 1.95. The summed E-state index contributed by atoms with van der Waals surface area (Å²) in [7, 11) is 3.26. The maximum Gasteiger partial charge on any atom is 0.258 e. The van der Waals surface area contributed by atoms with E-state index >= 15 is 0 Å². The molecule has 0 radical (unpaired) electrons. The van der Waals surface area contributed by atoms with E-state index in [4.69, 9.17) is 11.6 Å². The van der Waals surface area contributed by atoms with E-state index in [0.717, 1.165) is 0 Å². The molecule has 0 fully saturated rings. The number of hydrogen-bond acceptors (Lipinski definition) is 3. The van der Waals surface area contributed by atoms with E-state index in [2.05, 4.69) is 10.3 Å². The number of carbonyl (C=O) groups excluding carboxylic acids is 1. The van der Waals surface area contributed by atoms with Crippen LogP contribution in [0, 0.1) is 5.82 Å². The molecule has 1 aromatic heterocycles. The summed E-state index contributed by atoms with van der Waals surface area (Å²) in [5.41, 5.74) is 0.843. The fraction of sp³-hybridized carbons (Fsp3) is 0.143. The van der Waals surface area contributed by atoms with Gasteiger partial charge in [-0.15, -0.1) is 0 Å². The smallest absolute Gasteiger partial charge is 0.258 e. The minimum atomic E-state index is -0.397. The second-order valence-electron chi connectivity index (χ2n) is 4.16. The molecule has 0 unspecified atom stereocenters. The van der Waals surface area contributed by atoms with E-state index in [1.54, 1.807) is 32.3 Å². The van der Waals surface area contributed by atoms with Crippen molar-refractivity contribution in [3.63, 3.8) is 0 Å². The van der Waals surface area contributed by atoms with Crippen LogP contribution < -0.4 is 10.2 Å². The van der Waals surface area contributed by atoms with Gasteiger partial charge in [0.25, 0.3) is 5.91 Å². The van der Waals surface area contributed by atoms with E-state index in [1.807, 2.05) is 0 Å². The molecule has 0 spiro atoms. The van der Waals surface area contributed by atoms with Crippen molar-refractivity contribution in [2.45, 2.75) is 0 Å². The van der Waals surface area contributed by atoms with Crippen LogP contribution in [-0.4, -0.2) is 25.0 Å². The number of carbonyl (C=O) groups is 1. The third-order valence-electron chi connectivity index (χ3n) is 2.80. The molecular weight excluding hydrogens is 281 g/mol. The van der Waals surface area contributed by atoms with Crippen molar-refractivity contribution in [3.8, 4) is 0 Å². The SMILES string of the molecule is CNc1cc(C(=O)N(C)c2cccc(F)c2)cc(Cl)n1. The Morgan fingerprint density at radius 2 is 2.10 bits per heavy atom. The zero-order valence-corrected chi connectivity index (χ0v) is 11.8. The highest BCUT2D eigenvalue weighted by Gasteiger charge is 2.15. The molecule has 1 amide bonds. The summed E-state index contributed by atoms with van der Waals surface area (Å²) in [5.74, 6) is -0.198. The Bertz CT molecular complexity index is 648. The number of pyridine rings is 1. The third kappa shape index (κ3) is 3.05. The van der Waals surface area contributed by atoms with Crippen LogP contribution in [0.1, 0.15) is 10.4 Å². The number of nitrogens with one attached hydrogen (secondary N) is 1. The van der Waals surface area contributed by atoms with Gasteiger partial charge >= 0.3 is 0 Å². The van der Waals surface area contributed by atoms with E-state index in [0.29, 0.717) is 17.1 Å². The first kappa shape index (κ1) is 14.3. The molecule has 2 aromatic rings. The van der Waals surface area contributed by atoms with Gasteiger partial charge in [-0.25, -0.2) is 9.37 Å². The first-order valence-corrected chi connectivity index (χ1v) is 6.28. The summed E-state index contributed by atoms with van der Waals surface area (Å²) in [6.07, 6.45) is 0. The molecule has 1 aromatic carbocycles. The molecule has 20 heavy (non-hydrogen) atoms. The summed E-state index contributed by atoms with van der Waals surface area (Å²) in [5, 5.41) is 3.04. The quantitative estimate of drug-likeness (QED) is 0.884. The molecular formula is C14H13ClFN3O. The van der Waals surface area contributed by atoms with Crippen molar-refractivity contribution in [2.75, 3.05) is 24.3 Å². The van der Waals surface area contributed by atoms with E-state index in [-0.39, 0.29) is 11.1 Å². The van der Waals surface area contributed by atoms with Gasteiger partial charge in [-0.3, -0.25) is 4.79 Å². The molecule has 2 rings (SSSR count). The highest BCUT2D eigenvalue weighted by atomic mass is 35.5. The molecule has 104 valence electrons. The number of aromatic nitrogens is 1. The van der Waals surface area contributed by atoms with Crippen LogP contribution in [-0.2, 0) is 0 Å². The molecule has 4 nitrogen and oxygen atoms in total. The molecule has 1 heterocycles. The lowest BCUT2D eigenvalue weighted by Crippen LogP contribution is -2.26. The van der Waals surface area contributed by atoms with Gasteiger partial charge in [0.05, 0.1) is 0 Å². The standard InChI is InChI=1S/C14H13ClFN3O/c1-17-13-7-9(6-12(15)18-13)14(20)19(2)11-5-3-4-10(16)8-11/h3-8H,1-2H3,(H,17,18). The summed E-state index contributed by atoms with van der Waals surface area (Å²) in [6, 6.07) is 8.88. The Kier molecular flexibility index (Phi) is 4.20. The van der Waals surface area contributed by atoms with Crippen LogP contribution in [0.4, 0.5) is 15.9 Å². The number of rotatable bonds is 3. The van der Waals surface area contributed by atoms with Gasteiger partial charge in [0.2, 0.25) is 0 Å². The van der Waals surface area contributed by atoms with Gasteiger partial charge in [0.15, 0.2) is 0 Å². The van der Waals surface area contributed by atoms with Crippen molar-refractivity contribution in [1.29, 1.82) is 0 Å². The molecule has 0 saturated carbocycles. The molecule has 6 heteroatoms. The monoisotopic (exact) mass is 293 g/mol. The Hall–Kier alpha value is -2.14. The van der Waals surface area contributed by atoms with Gasteiger partial charge in [-0.2, -0.15) is 0 Å². The van der Waals surface area contributed by atoms with Crippen molar-refractivity contribution in [3.05, 3.63) is 52.9 Å². The molecule has 1 N–H and O–H groups in total. The zero-order valence-electron chi connectivity index (χ0n) is 11.0. The van der Waals surface area contributed by atoms with Crippen LogP contribution in [0.5, 0.6) is 0 Å². The number of nitrogens with zero attached hydrogens (tertiary/aromatic N) is 2. The lowest BCUT2D eigenvalue weighted by Gasteiger charge is -2.18. The second-order valence-corrected chi connectivity index (χ2v) is 4.55. The van der Waals surface area contributed by atoms with Crippen molar-refractivity contribution in [2.24, 2.45) is 0 Å². The van der Waals surface area contributed by atoms with Crippen LogP contribution in [0.25, 0.3) is 0 Å². The van der Waals surface area contributed by atoms with Gasteiger partial charge in [0.1, 0.15) is 16.8 Å². The molecule has 0 aliphatic carbocycles. The van der Waals surface area contributed by atoms with E-state index in [9.17, 15) is 9.18 Å².